The van der Waals surface area contributed by atoms with Crippen LogP contribution in [0.5, 0.6) is 5.88 Å². The van der Waals surface area contributed by atoms with Crippen LogP contribution in [0.25, 0.3) is 0 Å². The number of nitrogens with zero attached hydrogens (tertiary/aromatic N) is 2. The molecule has 3 amide bonds. The summed E-state index contributed by atoms with van der Waals surface area (Å²) in [4.78, 5) is 24.7. The van der Waals surface area contributed by atoms with Crippen molar-refractivity contribution >= 4 is 28.5 Å². The third-order valence-corrected chi connectivity index (χ3v) is 3.97. The predicted octanol–water partition coefficient (Wildman–Crippen LogP) is 2.35. The number of benzene rings is 1. The molecule has 0 aliphatic heterocycles. The molecular formula is C16H20N4O3S. The topological polar surface area (TPSA) is 97.6 Å². The number of nitrogens with two attached hydrogens (primary N) is 1. The number of carbonyl (C=O) groups excluding carboxylic acids is 2. The molecule has 24 heavy (non-hydrogen) atoms. The lowest BCUT2D eigenvalue weighted by Crippen LogP contribution is -2.28. The van der Waals surface area contributed by atoms with Gasteiger partial charge in [0.1, 0.15) is 10.6 Å². The van der Waals surface area contributed by atoms with E-state index < -0.39 is 5.91 Å². The van der Waals surface area contributed by atoms with Crippen molar-refractivity contribution in [3.63, 3.8) is 0 Å². The average Bonchev–Trinajstić information content (AvgIpc) is 2.95. The summed E-state index contributed by atoms with van der Waals surface area (Å²) in [6.07, 6.45) is 1.64. The summed E-state index contributed by atoms with van der Waals surface area (Å²) in [6, 6.07) is 9.68. The van der Waals surface area contributed by atoms with Gasteiger partial charge in [-0.3, -0.25) is 10.1 Å². The number of amides is 3. The summed E-state index contributed by atoms with van der Waals surface area (Å²) in [5.41, 5.74) is 6.71. The summed E-state index contributed by atoms with van der Waals surface area (Å²) in [6.45, 7) is 0.403. The van der Waals surface area contributed by atoms with Crippen LogP contribution in [-0.2, 0) is 6.42 Å². The Kier molecular flexibility index (Phi) is 6.14. The zero-order valence-corrected chi connectivity index (χ0v) is 14.4. The number of nitrogens with one attached hydrogen (secondary N) is 1. The molecule has 7 nitrogen and oxygen atoms in total. The van der Waals surface area contributed by atoms with Crippen LogP contribution in [0.3, 0.4) is 0 Å². The number of rotatable bonds is 7. The van der Waals surface area contributed by atoms with Gasteiger partial charge < -0.3 is 15.4 Å². The second-order valence-electron chi connectivity index (χ2n) is 5.32. The molecule has 2 aromatic rings. The smallest absolute Gasteiger partial charge is 0.321 e. The van der Waals surface area contributed by atoms with Gasteiger partial charge in [-0.05, 0) is 29.9 Å². The van der Waals surface area contributed by atoms with Crippen molar-refractivity contribution in [3.8, 4) is 5.88 Å². The summed E-state index contributed by atoms with van der Waals surface area (Å²) in [7, 11) is 3.20. The zero-order valence-electron chi connectivity index (χ0n) is 13.6. The second-order valence-corrected chi connectivity index (χ2v) is 6.09. The minimum absolute atomic E-state index is 0.106. The molecule has 0 fully saturated rings. The van der Waals surface area contributed by atoms with Crippen LogP contribution in [0.15, 0.2) is 30.3 Å². The number of ether oxygens (including phenoxy) is 1. The Morgan fingerprint density at radius 2 is 2.00 bits per heavy atom. The maximum absolute atomic E-state index is 11.7. The van der Waals surface area contributed by atoms with Gasteiger partial charge in [0.15, 0.2) is 0 Å². The molecule has 128 valence electrons. The lowest BCUT2D eigenvalue weighted by Gasteiger charge is -2.11. The molecule has 1 heterocycles. The number of hydrogen-bond donors (Lipinski definition) is 2. The fourth-order valence-corrected chi connectivity index (χ4v) is 2.71. The third-order valence-electron chi connectivity index (χ3n) is 3.23. The van der Waals surface area contributed by atoms with Crippen molar-refractivity contribution in [2.24, 2.45) is 5.73 Å². The lowest BCUT2D eigenvalue weighted by molar-refractivity contribution is 0.0997. The van der Waals surface area contributed by atoms with Crippen molar-refractivity contribution in [1.82, 2.24) is 9.27 Å². The van der Waals surface area contributed by atoms with Crippen molar-refractivity contribution in [2.75, 3.05) is 26.0 Å². The minimum Gasteiger partial charge on any atom is -0.476 e. The molecule has 0 saturated carbocycles. The summed E-state index contributed by atoms with van der Waals surface area (Å²) >= 11 is 0.970. The van der Waals surface area contributed by atoms with Gasteiger partial charge in [-0.2, -0.15) is 4.37 Å². The third kappa shape index (κ3) is 4.69. The first-order valence-electron chi connectivity index (χ1n) is 7.43. The van der Waals surface area contributed by atoms with Crippen LogP contribution in [-0.4, -0.2) is 41.9 Å². The molecule has 1 aromatic heterocycles. The normalized spacial score (nSPS) is 10.2. The van der Waals surface area contributed by atoms with Gasteiger partial charge in [-0.1, -0.05) is 30.3 Å². The van der Waals surface area contributed by atoms with Gasteiger partial charge in [0, 0.05) is 14.1 Å². The van der Waals surface area contributed by atoms with E-state index in [0.717, 1.165) is 24.4 Å². The quantitative estimate of drug-likeness (QED) is 0.751. The summed E-state index contributed by atoms with van der Waals surface area (Å²) in [5, 5.41) is 2.88. The Bertz CT molecular complexity index is 701. The van der Waals surface area contributed by atoms with E-state index in [-0.39, 0.29) is 17.5 Å². The molecule has 0 radical (unpaired) electrons. The molecule has 0 bridgehead atoms. The molecule has 0 saturated heterocycles. The summed E-state index contributed by atoms with van der Waals surface area (Å²) < 4.78 is 9.66. The highest BCUT2D eigenvalue weighted by molar-refractivity contribution is 7.11. The Balaban J connectivity index is 1.96. The maximum Gasteiger partial charge on any atom is 0.321 e. The van der Waals surface area contributed by atoms with Crippen LogP contribution in [0.2, 0.25) is 0 Å². The molecule has 0 unspecified atom stereocenters. The number of primary amides is 1. The van der Waals surface area contributed by atoms with Crippen LogP contribution in [0.4, 0.5) is 9.80 Å². The lowest BCUT2D eigenvalue weighted by atomic mass is 10.1. The SMILES string of the molecule is CN(C)C(=O)Nc1snc(OCCCc2ccccc2)c1C(N)=O. The molecule has 0 aliphatic rings. The highest BCUT2D eigenvalue weighted by Gasteiger charge is 2.22. The van der Waals surface area contributed by atoms with E-state index in [4.69, 9.17) is 10.5 Å². The molecule has 3 N–H and O–H groups in total. The molecule has 0 atom stereocenters. The van der Waals surface area contributed by atoms with Gasteiger partial charge in [0.05, 0.1) is 6.61 Å². The van der Waals surface area contributed by atoms with E-state index in [1.54, 1.807) is 14.1 Å². The van der Waals surface area contributed by atoms with E-state index in [0.29, 0.717) is 11.6 Å². The van der Waals surface area contributed by atoms with Gasteiger partial charge in [-0.25, -0.2) is 4.79 Å². The first kappa shape index (κ1) is 17.7. The van der Waals surface area contributed by atoms with Gasteiger partial charge in [0.25, 0.3) is 5.91 Å². The standard InChI is InChI=1S/C16H20N4O3S/c1-20(2)16(22)18-15-12(13(17)21)14(19-24-15)23-10-6-9-11-7-4-3-5-8-11/h3-5,7-8H,6,9-10H2,1-2H3,(H2,17,21)(H,18,22). The first-order chi connectivity index (χ1) is 11.5. The van der Waals surface area contributed by atoms with Crippen molar-refractivity contribution < 1.29 is 14.3 Å². The highest BCUT2D eigenvalue weighted by atomic mass is 32.1. The van der Waals surface area contributed by atoms with Crippen molar-refractivity contribution in [1.29, 1.82) is 0 Å². The fraction of sp³-hybridized carbons (Fsp3) is 0.312. The zero-order chi connectivity index (χ0) is 17.5. The molecule has 8 heteroatoms. The van der Waals surface area contributed by atoms with E-state index in [9.17, 15) is 9.59 Å². The fourth-order valence-electron chi connectivity index (χ4n) is 1.98. The van der Waals surface area contributed by atoms with Crippen molar-refractivity contribution in [3.05, 3.63) is 41.5 Å². The summed E-state index contributed by atoms with van der Waals surface area (Å²) in [5.74, 6) is -0.523. The minimum atomic E-state index is -0.684. The van der Waals surface area contributed by atoms with E-state index >= 15 is 0 Å². The number of hydrogen-bond acceptors (Lipinski definition) is 5. The number of urea groups is 1. The van der Waals surface area contributed by atoms with E-state index in [1.807, 2.05) is 30.3 Å². The predicted molar refractivity (Wildman–Crippen MR) is 93.6 cm³/mol. The van der Waals surface area contributed by atoms with E-state index in [2.05, 4.69) is 9.69 Å². The maximum atomic E-state index is 11.7. The average molecular weight is 348 g/mol. The van der Waals surface area contributed by atoms with Gasteiger partial charge >= 0.3 is 6.03 Å². The Hall–Kier alpha value is -2.61. The largest absolute Gasteiger partial charge is 0.476 e. The molecule has 0 aliphatic carbocycles. The number of aryl methyl sites for hydroxylation is 1. The highest BCUT2D eigenvalue weighted by Crippen LogP contribution is 2.30. The van der Waals surface area contributed by atoms with Crippen molar-refractivity contribution in [2.45, 2.75) is 12.8 Å². The van der Waals surface area contributed by atoms with Gasteiger partial charge in [-0.15, -0.1) is 0 Å². The van der Waals surface area contributed by atoms with Crippen LogP contribution >= 0.6 is 11.5 Å². The number of carbonyl (C=O) groups is 2. The van der Waals surface area contributed by atoms with Gasteiger partial charge in [0.2, 0.25) is 5.88 Å². The Morgan fingerprint density at radius 3 is 2.62 bits per heavy atom. The first-order valence-corrected chi connectivity index (χ1v) is 8.21. The molecule has 2 rings (SSSR count). The second kappa shape index (κ2) is 8.30. The number of aromatic nitrogens is 1. The Morgan fingerprint density at radius 1 is 1.29 bits per heavy atom. The van der Waals surface area contributed by atoms with Crippen LogP contribution in [0, 0.1) is 0 Å². The van der Waals surface area contributed by atoms with E-state index in [1.165, 1.54) is 10.5 Å². The molecule has 1 aromatic carbocycles. The monoisotopic (exact) mass is 348 g/mol. The number of anilines is 1. The molecule has 0 spiro atoms. The Labute approximate surface area is 144 Å². The van der Waals surface area contributed by atoms with Crippen LogP contribution in [0.1, 0.15) is 22.3 Å². The van der Waals surface area contributed by atoms with Crippen LogP contribution < -0.4 is 15.8 Å². The molecular weight excluding hydrogens is 328 g/mol.